The summed E-state index contributed by atoms with van der Waals surface area (Å²) in [6.45, 7) is 3.45. The highest BCUT2D eigenvalue weighted by Crippen LogP contribution is 2.22. The van der Waals surface area contributed by atoms with Crippen molar-refractivity contribution < 1.29 is 19.1 Å². The summed E-state index contributed by atoms with van der Waals surface area (Å²) >= 11 is 1.53. The van der Waals surface area contributed by atoms with Gasteiger partial charge >= 0.3 is 5.97 Å². The highest BCUT2D eigenvalue weighted by Gasteiger charge is 2.18. The second kappa shape index (κ2) is 9.30. The van der Waals surface area contributed by atoms with Gasteiger partial charge in [-0.25, -0.2) is 4.79 Å². The summed E-state index contributed by atoms with van der Waals surface area (Å²) < 4.78 is 5.21. The number of ether oxygens (including phenoxy) is 1. The lowest BCUT2D eigenvalue weighted by atomic mass is 10.1. The average Bonchev–Trinajstić information content (AvgIpc) is 3.05. The molecular weight excluding hydrogens is 386 g/mol. The number of rotatable bonds is 7. The van der Waals surface area contributed by atoms with E-state index in [1.807, 2.05) is 44.2 Å². The van der Waals surface area contributed by atoms with E-state index in [0.29, 0.717) is 11.3 Å². The summed E-state index contributed by atoms with van der Waals surface area (Å²) in [6, 6.07) is 17.7. The Hall–Kier alpha value is -3.25. The number of carbonyl (C=O) groups is 3. The van der Waals surface area contributed by atoms with Crippen LogP contribution < -0.4 is 5.32 Å². The number of nitrogens with one attached hydrogen (secondary N) is 1. The summed E-state index contributed by atoms with van der Waals surface area (Å²) in [5.74, 6) is -1.14. The Morgan fingerprint density at radius 1 is 0.931 bits per heavy atom. The van der Waals surface area contributed by atoms with Crippen molar-refractivity contribution in [1.82, 2.24) is 0 Å². The quantitative estimate of drug-likeness (QED) is 0.459. The number of aryl methyl sites for hydroxylation is 2. The van der Waals surface area contributed by atoms with Gasteiger partial charge in [0, 0.05) is 15.3 Å². The van der Waals surface area contributed by atoms with Gasteiger partial charge in [-0.2, -0.15) is 0 Å². The van der Waals surface area contributed by atoms with Crippen LogP contribution in [0, 0.1) is 13.8 Å². The minimum absolute atomic E-state index is 0.194. The van der Waals surface area contributed by atoms with Crippen molar-refractivity contribution >= 4 is 34.7 Å². The molecule has 0 atom stereocenters. The summed E-state index contributed by atoms with van der Waals surface area (Å²) in [6.07, 6.45) is 0.194. The number of esters is 1. The second-order valence-corrected chi connectivity index (χ2v) is 8.04. The van der Waals surface area contributed by atoms with Crippen molar-refractivity contribution in [3.63, 3.8) is 0 Å². The third-order valence-corrected chi connectivity index (χ3v) is 5.27. The zero-order chi connectivity index (χ0) is 20.8. The highest BCUT2D eigenvalue weighted by atomic mass is 32.1. The number of ketones is 1. The smallest absolute Gasteiger partial charge is 0.340 e. The van der Waals surface area contributed by atoms with E-state index in [0.717, 1.165) is 15.3 Å². The van der Waals surface area contributed by atoms with E-state index in [9.17, 15) is 14.4 Å². The van der Waals surface area contributed by atoms with Crippen molar-refractivity contribution in [2.45, 2.75) is 20.3 Å². The monoisotopic (exact) mass is 407 g/mol. The van der Waals surface area contributed by atoms with Crippen LogP contribution >= 0.6 is 11.3 Å². The first-order valence-electron chi connectivity index (χ1n) is 9.14. The molecule has 0 unspecified atom stereocenters. The largest absolute Gasteiger partial charge is 0.454 e. The van der Waals surface area contributed by atoms with Crippen LogP contribution in [0.5, 0.6) is 0 Å². The minimum Gasteiger partial charge on any atom is -0.454 e. The van der Waals surface area contributed by atoms with Crippen LogP contribution in [0.3, 0.4) is 0 Å². The lowest BCUT2D eigenvalue weighted by molar-refractivity contribution is -0.115. The van der Waals surface area contributed by atoms with Gasteiger partial charge in [0.15, 0.2) is 6.61 Å². The van der Waals surface area contributed by atoms with E-state index in [4.69, 9.17) is 4.74 Å². The van der Waals surface area contributed by atoms with Crippen LogP contribution in [0.25, 0.3) is 0 Å². The fourth-order valence-electron chi connectivity index (χ4n) is 2.94. The maximum atomic E-state index is 12.5. The molecule has 0 radical (unpaired) electrons. The summed E-state index contributed by atoms with van der Waals surface area (Å²) in [4.78, 5) is 39.1. The fourth-order valence-corrected chi connectivity index (χ4v) is 3.88. The number of hydrogen-bond acceptors (Lipinski definition) is 5. The third-order valence-electron chi connectivity index (χ3n) is 4.30. The molecule has 2 aromatic carbocycles. The van der Waals surface area contributed by atoms with Crippen LogP contribution in [-0.2, 0) is 16.0 Å². The van der Waals surface area contributed by atoms with Crippen LogP contribution in [0.15, 0.2) is 60.7 Å². The molecule has 29 heavy (non-hydrogen) atoms. The van der Waals surface area contributed by atoms with Gasteiger partial charge in [0.25, 0.3) is 0 Å². The molecule has 1 amide bonds. The molecule has 0 aliphatic carbocycles. The lowest BCUT2D eigenvalue weighted by Gasteiger charge is -2.11. The van der Waals surface area contributed by atoms with Gasteiger partial charge in [0.1, 0.15) is 0 Å². The Balaban J connectivity index is 1.64. The van der Waals surface area contributed by atoms with Crippen molar-refractivity contribution in [3.8, 4) is 0 Å². The van der Waals surface area contributed by atoms with Crippen molar-refractivity contribution in [2.75, 3.05) is 11.9 Å². The summed E-state index contributed by atoms with van der Waals surface area (Å²) in [7, 11) is 0. The first-order valence-corrected chi connectivity index (χ1v) is 9.96. The first kappa shape index (κ1) is 20.5. The van der Waals surface area contributed by atoms with Gasteiger partial charge in [0.2, 0.25) is 11.7 Å². The van der Waals surface area contributed by atoms with Crippen LogP contribution in [0.4, 0.5) is 5.69 Å². The van der Waals surface area contributed by atoms with Gasteiger partial charge in [-0.3, -0.25) is 9.59 Å². The molecular formula is C23H21NO4S. The maximum Gasteiger partial charge on any atom is 0.340 e. The molecule has 1 N–H and O–H groups in total. The molecule has 0 spiro atoms. The van der Waals surface area contributed by atoms with E-state index >= 15 is 0 Å². The molecule has 1 heterocycles. The lowest BCUT2D eigenvalue weighted by Crippen LogP contribution is -2.19. The molecule has 5 nitrogen and oxygen atoms in total. The van der Waals surface area contributed by atoms with Crippen LogP contribution in [0.2, 0.25) is 0 Å². The molecule has 0 aliphatic heterocycles. The molecule has 0 bridgehead atoms. The Labute approximate surface area is 173 Å². The van der Waals surface area contributed by atoms with Crippen LogP contribution in [-0.4, -0.2) is 24.3 Å². The predicted octanol–water partition coefficient (Wildman–Crippen LogP) is 4.59. The van der Waals surface area contributed by atoms with Crippen molar-refractivity contribution in [1.29, 1.82) is 0 Å². The topological polar surface area (TPSA) is 72.5 Å². The van der Waals surface area contributed by atoms with E-state index in [1.54, 1.807) is 30.3 Å². The Morgan fingerprint density at radius 3 is 2.31 bits per heavy atom. The second-order valence-electron chi connectivity index (χ2n) is 6.58. The SMILES string of the molecule is Cc1cc(C(=O)COC(=O)c2ccccc2NC(=O)Cc2ccccc2)c(C)s1. The van der Waals surface area contributed by atoms with Gasteiger partial charge in [-0.15, -0.1) is 11.3 Å². The summed E-state index contributed by atoms with van der Waals surface area (Å²) in [5.41, 5.74) is 2.01. The van der Waals surface area contributed by atoms with Crippen molar-refractivity contribution in [2.24, 2.45) is 0 Å². The number of anilines is 1. The van der Waals surface area contributed by atoms with Gasteiger partial charge in [-0.05, 0) is 37.6 Å². The summed E-state index contributed by atoms with van der Waals surface area (Å²) in [5, 5.41) is 2.75. The Bertz CT molecular complexity index is 1040. The molecule has 3 rings (SSSR count). The third kappa shape index (κ3) is 5.39. The highest BCUT2D eigenvalue weighted by molar-refractivity contribution is 7.12. The number of benzene rings is 2. The number of thiophene rings is 1. The zero-order valence-corrected chi connectivity index (χ0v) is 17.0. The molecule has 0 fully saturated rings. The number of hydrogen-bond donors (Lipinski definition) is 1. The van der Waals surface area contributed by atoms with Gasteiger partial charge in [-0.1, -0.05) is 42.5 Å². The molecule has 1 aromatic heterocycles. The number of carbonyl (C=O) groups excluding carboxylic acids is 3. The molecule has 0 saturated heterocycles. The molecule has 3 aromatic rings. The predicted molar refractivity (Wildman–Crippen MR) is 114 cm³/mol. The van der Waals surface area contributed by atoms with Gasteiger partial charge in [0.05, 0.1) is 17.7 Å². The average molecular weight is 407 g/mol. The maximum absolute atomic E-state index is 12.5. The molecule has 6 heteroatoms. The van der Waals surface area contributed by atoms with Crippen LogP contribution in [0.1, 0.15) is 36.0 Å². The van der Waals surface area contributed by atoms with E-state index < -0.39 is 5.97 Å². The van der Waals surface area contributed by atoms with E-state index in [2.05, 4.69) is 5.32 Å². The standard InChI is InChI=1S/C23H21NO4S/c1-15-12-19(16(2)29-15)21(25)14-28-23(27)18-10-6-7-11-20(18)24-22(26)13-17-8-4-3-5-9-17/h3-12H,13-14H2,1-2H3,(H,24,26). The Kier molecular flexibility index (Phi) is 6.57. The molecule has 0 saturated carbocycles. The Morgan fingerprint density at radius 2 is 1.62 bits per heavy atom. The number of Topliss-reactive ketones (excluding diaryl/α,β-unsaturated/α-hetero) is 1. The minimum atomic E-state index is -0.654. The first-order chi connectivity index (χ1) is 13.9. The zero-order valence-electron chi connectivity index (χ0n) is 16.2. The van der Waals surface area contributed by atoms with Gasteiger partial charge < -0.3 is 10.1 Å². The molecule has 0 aliphatic rings. The number of para-hydroxylation sites is 1. The van der Waals surface area contributed by atoms with Crippen molar-refractivity contribution in [3.05, 3.63) is 87.1 Å². The molecule has 148 valence electrons. The fraction of sp³-hybridized carbons (Fsp3) is 0.174. The van der Waals surface area contributed by atoms with E-state index in [-0.39, 0.29) is 30.3 Å². The number of amides is 1. The normalized spacial score (nSPS) is 10.4. The van der Waals surface area contributed by atoms with E-state index in [1.165, 1.54) is 11.3 Å².